The topological polar surface area (TPSA) is 80.2 Å². The maximum absolute atomic E-state index is 14.5. The Hall–Kier alpha value is -4.64. The molecule has 0 aliphatic rings. The number of halogens is 4. The lowest BCUT2D eigenvalue weighted by molar-refractivity contribution is -0.137. The Morgan fingerprint density at radius 3 is 2.29 bits per heavy atom. The molecule has 41 heavy (non-hydrogen) atoms. The summed E-state index contributed by atoms with van der Waals surface area (Å²) in [6.07, 6.45) is -4.71. The number of carbonyl (C=O) groups excluding carboxylic acids is 1. The van der Waals surface area contributed by atoms with Crippen molar-refractivity contribution in [3.8, 4) is 0 Å². The zero-order chi connectivity index (χ0) is 29.2. The number of hydrogen-bond donors (Lipinski definition) is 2. The Balaban J connectivity index is 1.49. The third-order valence-electron chi connectivity index (χ3n) is 6.44. The summed E-state index contributed by atoms with van der Waals surface area (Å²) >= 11 is 0. The first-order valence-electron chi connectivity index (χ1n) is 12.4. The van der Waals surface area contributed by atoms with Crippen molar-refractivity contribution in [2.45, 2.75) is 24.2 Å². The van der Waals surface area contributed by atoms with Crippen LogP contribution >= 0.6 is 0 Å². The van der Waals surface area contributed by atoms with E-state index >= 15 is 0 Å². The highest BCUT2D eigenvalue weighted by molar-refractivity contribution is 7.92. The van der Waals surface area contributed by atoms with E-state index in [0.717, 1.165) is 23.8 Å². The highest BCUT2D eigenvalue weighted by Gasteiger charge is 2.31. The first kappa shape index (κ1) is 27.9. The summed E-state index contributed by atoms with van der Waals surface area (Å²) < 4.78 is 83.6. The van der Waals surface area contributed by atoms with Crippen molar-refractivity contribution in [2.24, 2.45) is 0 Å². The summed E-state index contributed by atoms with van der Waals surface area (Å²) in [6, 6.07) is 24.9. The van der Waals surface area contributed by atoms with E-state index < -0.39 is 38.4 Å². The number of anilines is 1. The van der Waals surface area contributed by atoms with Crippen LogP contribution in [-0.2, 0) is 29.3 Å². The van der Waals surface area contributed by atoms with E-state index in [1.165, 1.54) is 18.2 Å². The Bertz CT molecular complexity index is 1840. The molecular formula is C30H23F4N3O3S. The monoisotopic (exact) mass is 581 g/mol. The molecular weight excluding hydrogens is 558 g/mol. The van der Waals surface area contributed by atoms with Gasteiger partial charge in [0.25, 0.3) is 15.9 Å². The second kappa shape index (κ2) is 11.1. The van der Waals surface area contributed by atoms with Crippen LogP contribution in [0.15, 0.2) is 108 Å². The molecule has 0 fully saturated rings. The van der Waals surface area contributed by atoms with Gasteiger partial charge in [0.15, 0.2) is 0 Å². The molecule has 0 aliphatic heterocycles. The van der Waals surface area contributed by atoms with Gasteiger partial charge in [-0.15, -0.1) is 0 Å². The van der Waals surface area contributed by atoms with Gasteiger partial charge in [0.1, 0.15) is 11.5 Å². The molecule has 0 unspecified atom stereocenters. The summed E-state index contributed by atoms with van der Waals surface area (Å²) in [5, 5.41) is 3.32. The lowest BCUT2D eigenvalue weighted by atomic mass is 10.2. The van der Waals surface area contributed by atoms with Gasteiger partial charge in [0.05, 0.1) is 17.0 Å². The lowest BCUT2D eigenvalue weighted by Crippen LogP contribution is -2.25. The van der Waals surface area contributed by atoms with Gasteiger partial charge in [-0.2, -0.15) is 13.2 Å². The Labute approximate surface area is 233 Å². The molecule has 0 radical (unpaired) electrons. The van der Waals surface area contributed by atoms with E-state index in [9.17, 15) is 30.8 Å². The van der Waals surface area contributed by atoms with Crippen molar-refractivity contribution >= 4 is 32.5 Å². The van der Waals surface area contributed by atoms with Crippen molar-refractivity contribution in [3.63, 3.8) is 0 Å². The molecule has 11 heteroatoms. The quantitative estimate of drug-likeness (QED) is 0.203. The van der Waals surface area contributed by atoms with Crippen LogP contribution in [0.3, 0.4) is 0 Å². The standard InChI is InChI=1S/C30H23F4N3O3S/c31-26-12-5-4-9-21(26)19-37-27-14-13-24(36-41(39,40)25-11-6-10-23(17-25)30(32,33)34)15-22(27)16-28(37)29(38)35-18-20-7-2-1-3-8-20/h1-17,36H,18-19H2,(H,35,38). The first-order chi connectivity index (χ1) is 19.5. The molecule has 4 aromatic carbocycles. The molecule has 0 bridgehead atoms. The number of carbonyl (C=O) groups is 1. The van der Waals surface area contributed by atoms with Gasteiger partial charge in [0, 0.05) is 28.7 Å². The smallest absolute Gasteiger partial charge is 0.347 e. The Kier molecular flexibility index (Phi) is 7.55. The van der Waals surface area contributed by atoms with Gasteiger partial charge in [-0.1, -0.05) is 54.6 Å². The molecule has 2 N–H and O–H groups in total. The van der Waals surface area contributed by atoms with E-state index in [1.807, 2.05) is 30.3 Å². The van der Waals surface area contributed by atoms with Gasteiger partial charge in [-0.25, -0.2) is 12.8 Å². The van der Waals surface area contributed by atoms with Gasteiger partial charge < -0.3 is 9.88 Å². The average molecular weight is 582 g/mol. The summed E-state index contributed by atoms with van der Waals surface area (Å²) in [5.74, 6) is -0.872. The van der Waals surface area contributed by atoms with Crippen LogP contribution in [-0.4, -0.2) is 18.9 Å². The van der Waals surface area contributed by atoms with Crippen LogP contribution in [0.25, 0.3) is 10.9 Å². The zero-order valence-electron chi connectivity index (χ0n) is 21.3. The van der Waals surface area contributed by atoms with Crippen LogP contribution in [0.2, 0.25) is 0 Å². The SMILES string of the molecule is O=C(NCc1ccccc1)c1cc2cc(NS(=O)(=O)c3cccc(C(F)(F)F)c3)ccc2n1Cc1ccccc1F. The number of rotatable bonds is 8. The number of alkyl halides is 3. The third kappa shape index (κ3) is 6.25. The molecule has 6 nitrogen and oxygen atoms in total. The Morgan fingerprint density at radius 2 is 1.56 bits per heavy atom. The van der Waals surface area contributed by atoms with E-state index in [-0.39, 0.29) is 24.5 Å². The Morgan fingerprint density at radius 1 is 0.829 bits per heavy atom. The maximum atomic E-state index is 14.5. The van der Waals surface area contributed by atoms with Gasteiger partial charge in [-0.3, -0.25) is 9.52 Å². The van der Waals surface area contributed by atoms with Crippen LogP contribution in [0, 0.1) is 5.82 Å². The maximum Gasteiger partial charge on any atom is 0.416 e. The average Bonchev–Trinajstić information content (AvgIpc) is 3.30. The predicted octanol–water partition coefficient (Wildman–Crippen LogP) is 6.58. The first-order valence-corrected chi connectivity index (χ1v) is 13.9. The third-order valence-corrected chi connectivity index (χ3v) is 7.82. The minimum absolute atomic E-state index is 0.0274. The number of nitrogens with zero attached hydrogens (tertiary/aromatic N) is 1. The number of aromatic nitrogens is 1. The minimum atomic E-state index is -4.71. The molecule has 210 valence electrons. The van der Waals surface area contributed by atoms with Crippen molar-refractivity contribution < 1.29 is 30.8 Å². The molecule has 0 spiro atoms. The molecule has 1 aromatic heterocycles. The molecule has 1 amide bonds. The van der Waals surface area contributed by atoms with Crippen LogP contribution < -0.4 is 10.0 Å². The molecule has 0 saturated carbocycles. The van der Waals surface area contributed by atoms with E-state index in [2.05, 4.69) is 10.0 Å². The highest BCUT2D eigenvalue weighted by Crippen LogP contribution is 2.31. The van der Waals surface area contributed by atoms with Crippen LogP contribution in [0.5, 0.6) is 0 Å². The lowest BCUT2D eigenvalue weighted by Gasteiger charge is -2.13. The normalized spacial score (nSPS) is 11.9. The summed E-state index contributed by atoms with van der Waals surface area (Å²) in [5.41, 5.74) is 0.957. The van der Waals surface area contributed by atoms with E-state index in [4.69, 9.17) is 0 Å². The number of hydrogen-bond acceptors (Lipinski definition) is 3. The zero-order valence-corrected chi connectivity index (χ0v) is 22.1. The van der Waals surface area contributed by atoms with Gasteiger partial charge >= 0.3 is 6.18 Å². The second-order valence-corrected chi connectivity index (χ2v) is 11.0. The number of benzene rings is 4. The molecule has 0 atom stereocenters. The number of nitrogens with one attached hydrogen (secondary N) is 2. The van der Waals surface area contributed by atoms with Crippen molar-refractivity contribution in [3.05, 3.63) is 131 Å². The summed E-state index contributed by atoms with van der Waals surface area (Å²) in [7, 11) is -4.36. The molecule has 1 heterocycles. The molecule has 5 rings (SSSR count). The molecule has 0 aliphatic carbocycles. The molecule has 5 aromatic rings. The largest absolute Gasteiger partial charge is 0.416 e. The van der Waals surface area contributed by atoms with E-state index in [0.29, 0.717) is 22.5 Å². The van der Waals surface area contributed by atoms with Crippen LogP contribution in [0.4, 0.5) is 23.2 Å². The number of fused-ring (bicyclic) bond motifs is 1. The fourth-order valence-corrected chi connectivity index (χ4v) is 5.51. The molecule has 0 saturated heterocycles. The van der Waals surface area contributed by atoms with Gasteiger partial charge in [0.2, 0.25) is 0 Å². The number of sulfonamides is 1. The van der Waals surface area contributed by atoms with Crippen molar-refractivity contribution in [1.82, 2.24) is 9.88 Å². The summed E-state index contributed by atoms with van der Waals surface area (Å²) in [4.78, 5) is 12.7. The number of amides is 1. The van der Waals surface area contributed by atoms with Crippen molar-refractivity contribution in [1.29, 1.82) is 0 Å². The van der Waals surface area contributed by atoms with E-state index in [1.54, 1.807) is 34.9 Å². The highest BCUT2D eigenvalue weighted by atomic mass is 32.2. The van der Waals surface area contributed by atoms with Crippen molar-refractivity contribution in [2.75, 3.05) is 4.72 Å². The van der Waals surface area contributed by atoms with Crippen LogP contribution in [0.1, 0.15) is 27.2 Å². The van der Waals surface area contributed by atoms with Gasteiger partial charge in [-0.05, 0) is 54.1 Å². The summed E-state index contributed by atoms with van der Waals surface area (Å²) in [6.45, 7) is 0.280. The minimum Gasteiger partial charge on any atom is -0.347 e. The fraction of sp³-hybridized carbons (Fsp3) is 0.100. The second-order valence-electron chi connectivity index (χ2n) is 9.28. The predicted molar refractivity (Wildman–Crippen MR) is 147 cm³/mol. The fourth-order valence-electron chi connectivity index (χ4n) is 4.41.